The molecule has 0 radical (unpaired) electrons. The van der Waals surface area contributed by atoms with Crippen molar-refractivity contribution in [3.8, 4) is 0 Å². The van der Waals surface area contributed by atoms with Crippen molar-refractivity contribution in [2.45, 2.75) is 45.2 Å². The number of halogens is 1. The van der Waals surface area contributed by atoms with Crippen LogP contribution in [0, 0.1) is 5.82 Å². The summed E-state index contributed by atoms with van der Waals surface area (Å²) in [5, 5.41) is 3.38. The highest BCUT2D eigenvalue weighted by Crippen LogP contribution is 2.31. The van der Waals surface area contributed by atoms with Crippen LogP contribution in [0.3, 0.4) is 0 Å². The second kappa shape index (κ2) is 10.3. The number of nitrogens with zero attached hydrogens (tertiary/aromatic N) is 3. The number of hydrogen-bond acceptors (Lipinski definition) is 3. The number of aromatic nitrogens is 2. The molecule has 0 saturated heterocycles. The summed E-state index contributed by atoms with van der Waals surface area (Å²) in [7, 11) is 0. The number of carbonyl (C=O) groups is 1. The molecule has 1 N–H and O–H groups in total. The van der Waals surface area contributed by atoms with Crippen LogP contribution in [0.2, 0.25) is 0 Å². The summed E-state index contributed by atoms with van der Waals surface area (Å²) in [6.45, 7) is 3.01. The first kappa shape index (κ1) is 23.7. The second-order valence-electron chi connectivity index (χ2n) is 9.16. The third-order valence-corrected chi connectivity index (χ3v) is 6.77. The first-order valence-electron chi connectivity index (χ1n) is 12.4. The molecule has 7 heteroatoms. The zero-order chi connectivity index (χ0) is 25.1. The molecule has 0 aliphatic carbocycles. The number of anilines is 1. The molecule has 0 spiro atoms. The highest BCUT2D eigenvalue weighted by atomic mass is 19.1. The lowest BCUT2D eigenvalue weighted by molar-refractivity contribution is 0.187. The number of benzene rings is 3. The fourth-order valence-corrected chi connectivity index (χ4v) is 4.97. The van der Waals surface area contributed by atoms with Gasteiger partial charge < -0.3 is 10.2 Å². The number of hydrogen-bond donors (Lipinski definition) is 1. The Morgan fingerprint density at radius 1 is 1.08 bits per heavy atom. The van der Waals surface area contributed by atoms with Gasteiger partial charge in [-0.1, -0.05) is 61.9 Å². The maximum absolute atomic E-state index is 13.8. The number of aryl methyl sites for hydroxylation is 1. The van der Waals surface area contributed by atoms with Crippen LogP contribution in [0.25, 0.3) is 10.9 Å². The third-order valence-electron chi connectivity index (χ3n) is 6.77. The van der Waals surface area contributed by atoms with Crippen molar-refractivity contribution in [1.29, 1.82) is 0 Å². The molecule has 5 rings (SSSR count). The maximum atomic E-state index is 13.8. The molecule has 0 fully saturated rings. The molecule has 184 valence electrons. The van der Waals surface area contributed by atoms with Crippen LogP contribution in [0.15, 0.2) is 77.6 Å². The van der Waals surface area contributed by atoms with Gasteiger partial charge in [-0.3, -0.25) is 9.36 Å². The van der Waals surface area contributed by atoms with Crippen LogP contribution < -0.4 is 10.9 Å². The third kappa shape index (κ3) is 4.73. The van der Waals surface area contributed by atoms with Crippen molar-refractivity contribution in [2.75, 3.05) is 11.9 Å². The quantitative estimate of drug-likeness (QED) is 0.365. The number of rotatable bonds is 7. The van der Waals surface area contributed by atoms with Crippen LogP contribution in [0.1, 0.15) is 42.8 Å². The van der Waals surface area contributed by atoms with E-state index in [2.05, 4.69) is 12.2 Å². The van der Waals surface area contributed by atoms with Gasteiger partial charge in [-0.05, 0) is 54.7 Å². The lowest BCUT2D eigenvalue weighted by Crippen LogP contribution is -2.39. The Labute approximate surface area is 209 Å². The van der Waals surface area contributed by atoms with E-state index in [1.165, 1.54) is 18.2 Å². The molecule has 2 amide bonds. The predicted octanol–water partition coefficient (Wildman–Crippen LogP) is 5.71. The Hall–Kier alpha value is -4.00. The molecule has 1 aromatic heterocycles. The first-order chi connectivity index (χ1) is 17.5. The van der Waals surface area contributed by atoms with Crippen molar-refractivity contribution < 1.29 is 9.18 Å². The molecule has 1 aliphatic rings. The lowest BCUT2D eigenvalue weighted by atomic mass is 10.1. The van der Waals surface area contributed by atoms with E-state index in [9.17, 15) is 14.0 Å². The number of fused-ring (bicyclic) bond motifs is 2. The highest BCUT2D eigenvalue weighted by Gasteiger charge is 2.34. The Bertz CT molecular complexity index is 1450. The minimum atomic E-state index is -0.467. The van der Waals surface area contributed by atoms with Gasteiger partial charge in [0.15, 0.2) is 0 Å². The number of nitrogens with one attached hydrogen (secondary N) is 1. The van der Waals surface area contributed by atoms with Gasteiger partial charge in [-0.2, -0.15) is 0 Å². The Morgan fingerprint density at radius 2 is 1.86 bits per heavy atom. The van der Waals surface area contributed by atoms with Gasteiger partial charge in [0.25, 0.3) is 5.56 Å². The van der Waals surface area contributed by atoms with E-state index in [-0.39, 0.29) is 23.0 Å². The lowest BCUT2D eigenvalue weighted by Gasteiger charge is -2.29. The van der Waals surface area contributed by atoms with Gasteiger partial charge in [0.1, 0.15) is 11.6 Å². The van der Waals surface area contributed by atoms with E-state index in [1.54, 1.807) is 9.47 Å². The first-order valence-corrected chi connectivity index (χ1v) is 12.4. The molecule has 2 heterocycles. The van der Waals surface area contributed by atoms with Gasteiger partial charge >= 0.3 is 6.03 Å². The van der Waals surface area contributed by atoms with Crippen molar-refractivity contribution in [3.05, 3.63) is 106 Å². The van der Waals surface area contributed by atoms with E-state index in [0.29, 0.717) is 37.3 Å². The summed E-state index contributed by atoms with van der Waals surface area (Å²) in [4.78, 5) is 33.4. The molecular weight excluding hydrogens is 455 g/mol. The van der Waals surface area contributed by atoms with Crippen molar-refractivity contribution in [2.24, 2.45) is 0 Å². The molecule has 1 atom stereocenters. The predicted molar refractivity (Wildman–Crippen MR) is 140 cm³/mol. The highest BCUT2D eigenvalue weighted by molar-refractivity contribution is 5.90. The van der Waals surface area contributed by atoms with E-state index in [4.69, 9.17) is 4.98 Å². The van der Waals surface area contributed by atoms with Crippen LogP contribution in [0.5, 0.6) is 0 Å². The smallest absolute Gasteiger partial charge is 0.314 e. The van der Waals surface area contributed by atoms with Gasteiger partial charge in [0.05, 0.1) is 16.9 Å². The average Bonchev–Trinajstić information content (AvgIpc) is 3.30. The summed E-state index contributed by atoms with van der Waals surface area (Å²) in [5.41, 5.74) is 3.18. The molecular formula is C29H29FN4O2. The van der Waals surface area contributed by atoms with Crippen LogP contribution in [-0.2, 0) is 19.4 Å². The number of urea groups is 1. The molecule has 0 saturated carbocycles. The van der Waals surface area contributed by atoms with E-state index >= 15 is 0 Å². The topological polar surface area (TPSA) is 67.2 Å². The summed E-state index contributed by atoms with van der Waals surface area (Å²) < 4.78 is 15.4. The molecule has 1 unspecified atom stereocenters. The van der Waals surface area contributed by atoms with Gasteiger partial charge in [-0.15, -0.1) is 0 Å². The summed E-state index contributed by atoms with van der Waals surface area (Å²) in [6, 6.07) is 21.3. The van der Waals surface area contributed by atoms with Crippen LogP contribution in [-0.4, -0.2) is 27.0 Å². The largest absolute Gasteiger partial charge is 0.322 e. The Kier molecular flexibility index (Phi) is 6.80. The van der Waals surface area contributed by atoms with Crippen molar-refractivity contribution >= 4 is 22.6 Å². The zero-order valence-electron chi connectivity index (χ0n) is 20.3. The van der Waals surface area contributed by atoms with Gasteiger partial charge in [0.2, 0.25) is 0 Å². The van der Waals surface area contributed by atoms with Gasteiger partial charge in [0, 0.05) is 18.8 Å². The van der Waals surface area contributed by atoms with Gasteiger partial charge in [-0.25, -0.2) is 14.2 Å². The SMILES string of the molecule is CCCc1ccccc1NC(=O)N(CCc1ccccc1)C1CCn2c1nc1ccc(F)cc1c2=O. The summed E-state index contributed by atoms with van der Waals surface area (Å²) >= 11 is 0. The van der Waals surface area contributed by atoms with E-state index < -0.39 is 5.82 Å². The van der Waals surface area contributed by atoms with E-state index in [1.807, 2.05) is 54.6 Å². The minimum Gasteiger partial charge on any atom is -0.314 e. The summed E-state index contributed by atoms with van der Waals surface area (Å²) in [5.74, 6) is 0.0790. The standard InChI is InChI=1S/C29H29FN4O2/c1-2-8-21-11-6-7-12-24(21)32-29(36)33(17-15-20-9-4-3-5-10-20)26-16-18-34-27(26)31-25-14-13-22(30)19-23(25)28(34)35/h3-7,9-14,19,26H,2,8,15-18H2,1H3,(H,32,36). The molecule has 4 aromatic rings. The fourth-order valence-electron chi connectivity index (χ4n) is 4.97. The number of carbonyl (C=O) groups excluding carboxylic acids is 1. The maximum Gasteiger partial charge on any atom is 0.322 e. The Morgan fingerprint density at radius 3 is 2.67 bits per heavy atom. The minimum absolute atomic E-state index is 0.221. The van der Waals surface area contributed by atoms with E-state index in [0.717, 1.165) is 29.7 Å². The fraction of sp³-hybridized carbons (Fsp3) is 0.276. The number of para-hydroxylation sites is 1. The molecule has 1 aliphatic heterocycles. The average molecular weight is 485 g/mol. The summed E-state index contributed by atoms with van der Waals surface area (Å²) in [6.07, 6.45) is 3.08. The number of amides is 2. The zero-order valence-corrected chi connectivity index (χ0v) is 20.3. The molecule has 36 heavy (non-hydrogen) atoms. The molecule has 6 nitrogen and oxygen atoms in total. The second-order valence-corrected chi connectivity index (χ2v) is 9.16. The molecule has 3 aromatic carbocycles. The van der Waals surface area contributed by atoms with Crippen molar-refractivity contribution in [3.63, 3.8) is 0 Å². The Balaban J connectivity index is 1.50. The monoisotopic (exact) mass is 484 g/mol. The molecule has 0 bridgehead atoms. The van der Waals surface area contributed by atoms with Crippen LogP contribution >= 0.6 is 0 Å². The normalized spacial score (nSPS) is 14.6. The van der Waals surface area contributed by atoms with Crippen molar-refractivity contribution in [1.82, 2.24) is 14.5 Å². The van der Waals surface area contributed by atoms with Crippen LogP contribution in [0.4, 0.5) is 14.9 Å².